The van der Waals surface area contributed by atoms with E-state index in [9.17, 15) is 0 Å². The first kappa shape index (κ1) is 16.3. The van der Waals surface area contributed by atoms with Crippen molar-refractivity contribution in [2.45, 2.75) is 39.2 Å². The zero-order valence-electron chi connectivity index (χ0n) is 13.1. The van der Waals surface area contributed by atoms with Crippen LogP contribution >= 0.6 is 15.9 Å². The van der Waals surface area contributed by atoms with Gasteiger partial charge in [0.2, 0.25) is 0 Å². The molecule has 0 fully saturated rings. The molecule has 112 valence electrons. The fourth-order valence-corrected chi connectivity index (χ4v) is 2.87. The Balaban J connectivity index is 2.17. The lowest BCUT2D eigenvalue weighted by Gasteiger charge is -2.20. The Morgan fingerprint density at radius 3 is 2.38 bits per heavy atom. The highest BCUT2D eigenvalue weighted by Gasteiger charge is 2.13. The smallest absolute Gasteiger partial charge is 0.0178 e. The van der Waals surface area contributed by atoms with Gasteiger partial charge in [0.25, 0.3) is 0 Å². The number of aryl methyl sites for hydroxylation is 1. The molecule has 0 spiro atoms. The van der Waals surface area contributed by atoms with Crippen molar-refractivity contribution in [2.24, 2.45) is 0 Å². The second-order valence-electron chi connectivity index (χ2n) is 6.00. The minimum atomic E-state index is 0.493. The number of hydrogen-bond acceptors (Lipinski definition) is 1. The molecule has 0 heterocycles. The van der Waals surface area contributed by atoms with Crippen molar-refractivity contribution in [3.8, 4) is 0 Å². The molecule has 0 saturated carbocycles. The van der Waals surface area contributed by atoms with E-state index in [1.54, 1.807) is 0 Å². The molecule has 2 heteroatoms. The van der Waals surface area contributed by atoms with Crippen molar-refractivity contribution in [2.75, 3.05) is 6.54 Å². The Bertz CT molecular complexity index is 560. The molecule has 0 aliphatic heterocycles. The van der Waals surface area contributed by atoms with Crippen LogP contribution in [0.5, 0.6) is 0 Å². The fourth-order valence-electron chi connectivity index (χ4n) is 2.46. The van der Waals surface area contributed by atoms with Crippen molar-refractivity contribution in [1.29, 1.82) is 0 Å². The summed E-state index contributed by atoms with van der Waals surface area (Å²) < 4.78 is 1.15. The van der Waals surface area contributed by atoms with Crippen LogP contribution in [0.15, 0.2) is 53.0 Å². The van der Waals surface area contributed by atoms with E-state index in [1.165, 1.54) is 16.7 Å². The lowest BCUT2D eigenvalue weighted by atomic mass is 9.91. The molecule has 0 aliphatic carbocycles. The predicted octanol–water partition coefficient (Wildman–Crippen LogP) is 5.08. The fraction of sp³-hybridized carbons (Fsp3) is 0.368. The summed E-state index contributed by atoms with van der Waals surface area (Å²) in [4.78, 5) is 0. The summed E-state index contributed by atoms with van der Waals surface area (Å²) in [5.74, 6) is 0.493. The number of nitrogens with one attached hydrogen (secondary N) is 1. The number of halogens is 1. The zero-order chi connectivity index (χ0) is 15.2. The van der Waals surface area contributed by atoms with Crippen LogP contribution in [-0.4, -0.2) is 12.6 Å². The van der Waals surface area contributed by atoms with Gasteiger partial charge < -0.3 is 5.32 Å². The lowest BCUT2D eigenvalue weighted by Crippen LogP contribution is -2.29. The lowest BCUT2D eigenvalue weighted by molar-refractivity contribution is 0.526. The average molecular weight is 346 g/mol. The van der Waals surface area contributed by atoms with Gasteiger partial charge in [-0.15, -0.1) is 0 Å². The largest absolute Gasteiger partial charge is 0.314 e. The average Bonchev–Trinajstić information content (AvgIpc) is 2.45. The summed E-state index contributed by atoms with van der Waals surface area (Å²) in [5.41, 5.74) is 4.10. The zero-order valence-corrected chi connectivity index (χ0v) is 14.7. The van der Waals surface area contributed by atoms with Crippen LogP contribution in [0.25, 0.3) is 0 Å². The van der Waals surface area contributed by atoms with Gasteiger partial charge in [0.15, 0.2) is 0 Å². The maximum atomic E-state index is 3.59. The van der Waals surface area contributed by atoms with Crippen LogP contribution in [0.1, 0.15) is 36.5 Å². The molecule has 2 aromatic rings. The summed E-state index contributed by atoms with van der Waals surface area (Å²) in [6.45, 7) is 7.53. The molecule has 0 saturated heterocycles. The molecule has 21 heavy (non-hydrogen) atoms. The third-order valence-electron chi connectivity index (χ3n) is 3.70. The van der Waals surface area contributed by atoms with Gasteiger partial charge in [0.1, 0.15) is 0 Å². The predicted molar refractivity (Wildman–Crippen MR) is 94.9 cm³/mol. The van der Waals surface area contributed by atoms with Crippen LogP contribution in [0.3, 0.4) is 0 Å². The van der Waals surface area contributed by atoms with Gasteiger partial charge in [0.05, 0.1) is 0 Å². The summed E-state index contributed by atoms with van der Waals surface area (Å²) in [5, 5.41) is 3.58. The van der Waals surface area contributed by atoms with Gasteiger partial charge in [-0.25, -0.2) is 0 Å². The van der Waals surface area contributed by atoms with Gasteiger partial charge in [-0.3, -0.25) is 0 Å². The van der Waals surface area contributed by atoms with E-state index in [-0.39, 0.29) is 0 Å². The van der Waals surface area contributed by atoms with E-state index in [0.29, 0.717) is 12.0 Å². The molecular weight excluding hydrogens is 322 g/mol. The molecule has 0 radical (unpaired) electrons. The summed E-state index contributed by atoms with van der Waals surface area (Å²) in [6.07, 6.45) is 1.07. The molecule has 2 aromatic carbocycles. The van der Waals surface area contributed by atoms with E-state index < -0.39 is 0 Å². The monoisotopic (exact) mass is 345 g/mol. The number of benzene rings is 2. The summed E-state index contributed by atoms with van der Waals surface area (Å²) in [6, 6.07) is 18.1. The van der Waals surface area contributed by atoms with Crippen LogP contribution in [-0.2, 0) is 6.42 Å². The van der Waals surface area contributed by atoms with E-state index in [4.69, 9.17) is 0 Å². The van der Waals surface area contributed by atoms with Gasteiger partial charge in [-0.05, 0) is 36.6 Å². The Hall–Kier alpha value is -1.12. The first-order valence-corrected chi connectivity index (χ1v) is 8.38. The Labute approximate surface area is 136 Å². The molecule has 1 nitrogen and oxygen atoms in total. The van der Waals surface area contributed by atoms with E-state index in [0.717, 1.165) is 17.4 Å². The van der Waals surface area contributed by atoms with E-state index >= 15 is 0 Å². The Morgan fingerprint density at radius 2 is 1.76 bits per heavy atom. The Kier molecular flexibility index (Phi) is 6.01. The summed E-state index contributed by atoms with van der Waals surface area (Å²) >= 11 is 3.59. The summed E-state index contributed by atoms with van der Waals surface area (Å²) in [7, 11) is 0. The molecule has 1 unspecified atom stereocenters. The minimum absolute atomic E-state index is 0.493. The maximum absolute atomic E-state index is 3.59. The molecule has 0 amide bonds. The van der Waals surface area contributed by atoms with Gasteiger partial charge >= 0.3 is 0 Å². The number of rotatable bonds is 6. The van der Waals surface area contributed by atoms with Crippen molar-refractivity contribution < 1.29 is 0 Å². The van der Waals surface area contributed by atoms with Crippen molar-refractivity contribution in [3.05, 3.63) is 69.7 Å². The molecule has 1 N–H and O–H groups in total. The standard InChI is InChI=1S/C19H24BrN/c1-14(2)21-13-18(17-5-4-6-19(20)12-17)11-16-9-7-15(3)8-10-16/h4-10,12,14,18,21H,11,13H2,1-3H3. The van der Waals surface area contributed by atoms with Crippen LogP contribution in [0, 0.1) is 6.92 Å². The molecule has 2 rings (SSSR count). The normalized spacial score (nSPS) is 12.6. The first-order chi connectivity index (χ1) is 10.0. The van der Waals surface area contributed by atoms with Crippen molar-refractivity contribution in [1.82, 2.24) is 5.32 Å². The second-order valence-corrected chi connectivity index (χ2v) is 6.92. The quantitative estimate of drug-likeness (QED) is 0.769. The van der Waals surface area contributed by atoms with Gasteiger partial charge in [-0.2, -0.15) is 0 Å². The SMILES string of the molecule is Cc1ccc(CC(CNC(C)C)c2cccc(Br)c2)cc1. The molecule has 0 aromatic heterocycles. The van der Waals surface area contributed by atoms with Crippen molar-refractivity contribution >= 4 is 15.9 Å². The molecule has 1 atom stereocenters. The van der Waals surface area contributed by atoms with Gasteiger partial charge in [-0.1, -0.05) is 71.7 Å². The third kappa shape index (κ3) is 5.29. The third-order valence-corrected chi connectivity index (χ3v) is 4.19. The number of hydrogen-bond donors (Lipinski definition) is 1. The molecule has 0 bridgehead atoms. The van der Waals surface area contributed by atoms with E-state index in [1.807, 2.05) is 0 Å². The highest BCUT2D eigenvalue weighted by atomic mass is 79.9. The maximum Gasteiger partial charge on any atom is 0.0178 e. The van der Waals surface area contributed by atoms with E-state index in [2.05, 4.69) is 90.5 Å². The van der Waals surface area contributed by atoms with Crippen LogP contribution in [0.2, 0.25) is 0 Å². The molecular formula is C19H24BrN. The van der Waals surface area contributed by atoms with Crippen molar-refractivity contribution in [3.63, 3.8) is 0 Å². The van der Waals surface area contributed by atoms with Crippen LogP contribution < -0.4 is 5.32 Å². The molecule has 0 aliphatic rings. The Morgan fingerprint density at radius 1 is 1.05 bits per heavy atom. The van der Waals surface area contributed by atoms with Gasteiger partial charge in [0, 0.05) is 23.0 Å². The minimum Gasteiger partial charge on any atom is -0.314 e. The highest BCUT2D eigenvalue weighted by Crippen LogP contribution is 2.24. The second kappa shape index (κ2) is 7.77. The highest BCUT2D eigenvalue weighted by molar-refractivity contribution is 9.10. The first-order valence-electron chi connectivity index (χ1n) is 7.59. The van der Waals surface area contributed by atoms with Crippen LogP contribution in [0.4, 0.5) is 0 Å². The topological polar surface area (TPSA) is 12.0 Å².